The Balaban J connectivity index is 1.67. The van der Waals surface area contributed by atoms with Gasteiger partial charge in [-0.2, -0.15) is 5.10 Å². The number of nitrogens with zero attached hydrogens (tertiary/aromatic N) is 3. The molecule has 0 amide bonds. The predicted molar refractivity (Wildman–Crippen MR) is 123 cm³/mol. The van der Waals surface area contributed by atoms with E-state index in [0.29, 0.717) is 58.2 Å². The summed E-state index contributed by atoms with van der Waals surface area (Å²) in [6, 6.07) is 7.04. The molecule has 4 aromatic rings. The molecule has 10 heteroatoms. The lowest BCUT2D eigenvalue weighted by Gasteiger charge is -2.19. The van der Waals surface area contributed by atoms with E-state index < -0.39 is 17.1 Å². The van der Waals surface area contributed by atoms with Crippen molar-refractivity contribution in [1.29, 1.82) is 0 Å². The number of aromatic nitrogens is 3. The fourth-order valence-corrected chi connectivity index (χ4v) is 4.55. The van der Waals surface area contributed by atoms with Crippen LogP contribution in [-0.2, 0) is 17.5 Å². The number of hydrogen-bond donors (Lipinski definition) is 1. The van der Waals surface area contributed by atoms with Crippen LogP contribution in [0.5, 0.6) is 11.6 Å². The molecule has 0 radical (unpaired) electrons. The molecule has 170 valence electrons. The van der Waals surface area contributed by atoms with Crippen LogP contribution in [0.4, 0.5) is 0 Å². The first-order valence-corrected chi connectivity index (χ1v) is 11.6. The van der Waals surface area contributed by atoms with E-state index in [1.165, 1.54) is 6.20 Å². The van der Waals surface area contributed by atoms with Crippen LogP contribution in [0.25, 0.3) is 22.3 Å². The van der Waals surface area contributed by atoms with Crippen LogP contribution in [0.3, 0.4) is 0 Å². The molecule has 2 unspecified atom stereocenters. The summed E-state index contributed by atoms with van der Waals surface area (Å²) in [7, 11) is -1.81. The molecule has 0 bridgehead atoms. The van der Waals surface area contributed by atoms with E-state index in [-0.39, 0.29) is 10.5 Å². The third kappa shape index (κ3) is 3.61. The van der Waals surface area contributed by atoms with Crippen LogP contribution in [0.15, 0.2) is 50.9 Å². The zero-order valence-electron chi connectivity index (χ0n) is 18.3. The lowest BCUT2D eigenvalue weighted by atomic mass is 10.0. The third-order valence-corrected chi connectivity index (χ3v) is 6.33. The monoisotopic (exact) mass is 466 g/mol. The molecule has 1 aromatic carbocycles. The molecule has 2 N–H and O–H groups in total. The van der Waals surface area contributed by atoms with Gasteiger partial charge in [-0.15, -0.1) is 0 Å². The minimum atomic E-state index is -1.81. The highest BCUT2D eigenvalue weighted by Crippen LogP contribution is 2.37. The van der Waals surface area contributed by atoms with Gasteiger partial charge in [0.25, 0.3) is 0 Å². The molecule has 0 saturated heterocycles. The molecule has 0 saturated carbocycles. The van der Waals surface area contributed by atoms with Crippen molar-refractivity contribution in [3.8, 4) is 23.0 Å². The van der Waals surface area contributed by atoms with Crippen molar-refractivity contribution >= 4 is 22.0 Å². The van der Waals surface area contributed by atoms with E-state index in [9.17, 15) is 9.00 Å². The van der Waals surface area contributed by atoms with Crippen molar-refractivity contribution in [2.75, 3.05) is 6.61 Å². The van der Waals surface area contributed by atoms with Gasteiger partial charge in [-0.3, -0.25) is 4.79 Å². The maximum absolute atomic E-state index is 13.3. The van der Waals surface area contributed by atoms with Crippen molar-refractivity contribution in [3.63, 3.8) is 0 Å². The van der Waals surface area contributed by atoms with Crippen LogP contribution >= 0.6 is 0 Å². The van der Waals surface area contributed by atoms with Gasteiger partial charge in [0.1, 0.15) is 35.0 Å². The Bertz CT molecular complexity index is 1480. The SMILES string of the molecule is Cc1cc(C(C)Oc2cccnc2S(N)=O)c2oc(-c3cnn4c3OCC4)c(C)c(=O)c2c1. The zero-order chi connectivity index (χ0) is 23.3. The maximum Gasteiger partial charge on any atom is 0.223 e. The van der Waals surface area contributed by atoms with Gasteiger partial charge in [-0.25, -0.2) is 19.0 Å². The van der Waals surface area contributed by atoms with E-state index >= 15 is 0 Å². The molecule has 5 rings (SSSR count). The number of fused-ring (bicyclic) bond motifs is 2. The lowest BCUT2D eigenvalue weighted by Crippen LogP contribution is -2.13. The Morgan fingerprint density at radius 1 is 1.30 bits per heavy atom. The van der Waals surface area contributed by atoms with Crippen molar-refractivity contribution in [1.82, 2.24) is 14.8 Å². The minimum Gasteiger partial charge on any atom is -0.483 e. The van der Waals surface area contributed by atoms with Gasteiger partial charge in [0.05, 0.1) is 23.7 Å². The van der Waals surface area contributed by atoms with Crippen LogP contribution < -0.4 is 20.0 Å². The molecule has 4 heterocycles. The van der Waals surface area contributed by atoms with Gasteiger partial charge < -0.3 is 13.9 Å². The number of benzene rings is 1. The fraction of sp³-hybridized carbons (Fsp3) is 0.261. The number of ether oxygens (including phenoxy) is 2. The average Bonchev–Trinajstić information content (AvgIpc) is 3.40. The van der Waals surface area contributed by atoms with E-state index in [1.807, 2.05) is 19.9 Å². The summed E-state index contributed by atoms with van der Waals surface area (Å²) in [6.45, 7) is 6.64. The van der Waals surface area contributed by atoms with Crippen molar-refractivity contribution in [2.24, 2.45) is 5.14 Å². The number of hydrogen-bond acceptors (Lipinski definition) is 7. The molecule has 0 spiro atoms. The van der Waals surface area contributed by atoms with E-state index in [4.69, 9.17) is 19.0 Å². The molecule has 1 aliphatic heterocycles. The topological polar surface area (TPSA) is 122 Å². The van der Waals surface area contributed by atoms with E-state index in [0.717, 1.165) is 5.56 Å². The van der Waals surface area contributed by atoms with Crippen molar-refractivity contribution in [3.05, 3.63) is 63.6 Å². The summed E-state index contributed by atoms with van der Waals surface area (Å²) in [5.41, 5.74) is 2.95. The molecule has 1 aliphatic rings. The van der Waals surface area contributed by atoms with Gasteiger partial charge in [-0.05, 0) is 50.6 Å². The Morgan fingerprint density at radius 2 is 2.12 bits per heavy atom. The second-order valence-corrected chi connectivity index (χ2v) is 8.90. The highest BCUT2D eigenvalue weighted by atomic mass is 32.2. The number of nitrogens with two attached hydrogens (primary N) is 1. The molecule has 9 nitrogen and oxygen atoms in total. The van der Waals surface area contributed by atoms with Gasteiger partial charge in [0.2, 0.25) is 5.88 Å². The molecule has 3 aromatic heterocycles. The Morgan fingerprint density at radius 3 is 2.91 bits per heavy atom. The third-order valence-electron chi connectivity index (χ3n) is 5.64. The first-order valence-electron chi connectivity index (χ1n) is 10.4. The zero-order valence-corrected chi connectivity index (χ0v) is 19.1. The molecule has 2 atom stereocenters. The molecule has 0 fully saturated rings. The molecule has 0 aliphatic carbocycles. The Hall–Kier alpha value is -3.50. The minimum absolute atomic E-state index is 0.133. The summed E-state index contributed by atoms with van der Waals surface area (Å²) in [5, 5.41) is 10.5. The highest BCUT2D eigenvalue weighted by molar-refractivity contribution is 7.82. The van der Waals surface area contributed by atoms with Crippen LogP contribution in [0.1, 0.15) is 29.7 Å². The van der Waals surface area contributed by atoms with Gasteiger partial charge in [0, 0.05) is 17.3 Å². The normalized spacial score (nSPS) is 14.7. The van der Waals surface area contributed by atoms with Gasteiger partial charge >= 0.3 is 0 Å². The summed E-state index contributed by atoms with van der Waals surface area (Å²) >= 11 is 0. The number of pyridine rings is 1. The van der Waals surface area contributed by atoms with Crippen LogP contribution in [0, 0.1) is 13.8 Å². The van der Waals surface area contributed by atoms with Crippen molar-refractivity contribution < 1.29 is 18.1 Å². The number of aryl methyl sites for hydroxylation is 1. The van der Waals surface area contributed by atoms with E-state index in [2.05, 4.69) is 10.1 Å². The van der Waals surface area contributed by atoms with Gasteiger partial charge in [-0.1, -0.05) is 0 Å². The molecule has 33 heavy (non-hydrogen) atoms. The Labute approximate surface area is 191 Å². The quantitative estimate of drug-likeness (QED) is 0.479. The molecular weight excluding hydrogens is 444 g/mol. The second kappa shape index (κ2) is 8.13. The fourth-order valence-electron chi connectivity index (χ4n) is 4.07. The first-order chi connectivity index (χ1) is 15.8. The largest absolute Gasteiger partial charge is 0.483 e. The smallest absolute Gasteiger partial charge is 0.223 e. The summed E-state index contributed by atoms with van der Waals surface area (Å²) in [6.07, 6.45) is 2.60. The van der Waals surface area contributed by atoms with E-state index in [1.54, 1.807) is 36.0 Å². The highest BCUT2D eigenvalue weighted by Gasteiger charge is 2.26. The Kier molecular flexibility index (Phi) is 5.26. The summed E-state index contributed by atoms with van der Waals surface area (Å²) in [5.74, 6) is 1.31. The second-order valence-electron chi connectivity index (χ2n) is 7.92. The summed E-state index contributed by atoms with van der Waals surface area (Å²) in [4.78, 5) is 17.4. The van der Waals surface area contributed by atoms with Gasteiger partial charge in [0.15, 0.2) is 16.2 Å². The maximum atomic E-state index is 13.3. The lowest BCUT2D eigenvalue weighted by molar-refractivity contribution is 0.219. The number of rotatable bonds is 5. The molecular formula is C23H22N4O5S. The summed E-state index contributed by atoms with van der Waals surface area (Å²) < 4.78 is 31.8. The van der Waals surface area contributed by atoms with Crippen LogP contribution in [0.2, 0.25) is 0 Å². The predicted octanol–water partition coefficient (Wildman–Crippen LogP) is 3.18. The average molecular weight is 467 g/mol. The standard InChI is InChI=1S/C23H22N4O5S/c1-12-9-15(14(3)31-18-5-4-6-25-22(18)33(24)29)21-16(10-12)19(28)13(2)20(32-21)17-11-26-27-7-8-30-23(17)27/h4-6,9-11,14H,7-8,24H2,1-3H3. The van der Waals surface area contributed by atoms with Crippen LogP contribution in [-0.4, -0.2) is 25.6 Å². The van der Waals surface area contributed by atoms with Crippen molar-refractivity contribution in [2.45, 2.75) is 38.4 Å². The first kappa shape index (κ1) is 21.4.